The number of halogens is 1. The molecule has 36 heavy (non-hydrogen) atoms. The monoisotopic (exact) mass is 527 g/mol. The van der Waals surface area contributed by atoms with E-state index >= 15 is 0 Å². The smallest absolute Gasteiger partial charge is 0.253 e. The quantitative estimate of drug-likeness (QED) is 0.436. The first-order chi connectivity index (χ1) is 17.3. The van der Waals surface area contributed by atoms with Crippen molar-refractivity contribution in [2.24, 2.45) is 0 Å². The van der Waals surface area contributed by atoms with Gasteiger partial charge in [-0.05, 0) is 54.1 Å². The molecule has 188 valence electrons. The van der Waals surface area contributed by atoms with Crippen LogP contribution in [-0.2, 0) is 26.2 Å². The van der Waals surface area contributed by atoms with Crippen molar-refractivity contribution < 1.29 is 22.4 Å². The molecule has 1 aromatic heterocycles. The van der Waals surface area contributed by atoms with Crippen LogP contribution in [0.25, 0.3) is 0 Å². The molecule has 0 spiro atoms. The second-order valence-electron chi connectivity index (χ2n) is 9.02. The van der Waals surface area contributed by atoms with Crippen LogP contribution in [0.15, 0.2) is 76.3 Å². The number of thiophene rings is 1. The third-order valence-electron chi connectivity index (χ3n) is 6.71. The summed E-state index contributed by atoms with van der Waals surface area (Å²) in [6, 6.07) is 16.8. The van der Waals surface area contributed by atoms with Crippen molar-refractivity contribution in [3.05, 3.63) is 83.5 Å². The molecule has 7 nitrogen and oxygen atoms in total. The van der Waals surface area contributed by atoms with Gasteiger partial charge < -0.3 is 0 Å². The maximum absolute atomic E-state index is 13.8. The van der Waals surface area contributed by atoms with Gasteiger partial charge in [-0.3, -0.25) is 14.5 Å². The number of anilines is 1. The summed E-state index contributed by atoms with van der Waals surface area (Å²) in [6.45, 7) is 2.11. The first-order valence-electron chi connectivity index (χ1n) is 11.8. The molecule has 2 aliphatic rings. The van der Waals surface area contributed by atoms with E-state index in [0.717, 1.165) is 22.8 Å². The molecule has 2 fully saturated rings. The summed E-state index contributed by atoms with van der Waals surface area (Å²) in [7, 11) is -4.01. The predicted octanol–water partition coefficient (Wildman–Crippen LogP) is 3.87. The zero-order valence-electron chi connectivity index (χ0n) is 19.5. The summed E-state index contributed by atoms with van der Waals surface area (Å²) >= 11 is 1.09. The Morgan fingerprint density at radius 3 is 2.28 bits per heavy atom. The first-order valence-corrected chi connectivity index (χ1v) is 14.1. The summed E-state index contributed by atoms with van der Waals surface area (Å²) < 4.78 is 42.4. The van der Waals surface area contributed by atoms with Gasteiger partial charge in [0.05, 0.1) is 12.1 Å². The molecular weight excluding hydrogens is 501 g/mol. The van der Waals surface area contributed by atoms with E-state index in [-0.39, 0.29) is 16.3 Å². The number of likely N-dealkylation sites (tertiary alicyclic amines) is 1. The third-order valence-corrected chi connectivity index (χ3v) is 10.0. The zero-order chi connectivity index (χ0) is 25.3. The van der Waals surface area contributed by atoms with Gasteiger partial charge in [-0.15, -0.1) is 11.3 Å². The molecule has 0 saturated carbocycles. The van der Waals surface area contributed by atoms with Gasteiger partial charge in [0.25, 0.3) is 15.9 Å². The molecule has 3 aromatic rings. The number of benzene rings is 2. The van der Waals surface area contributed by atoms with Gasteiger partial charge in [-0.1, -0.05) is 36.4 Å². The van der Waals surface area contributed by atoms with Crippen LogP contribution >= 0.6 is 11.3 Å². The Balaban J connectivity index is 1.41. The Morgan fingerprint density at radius 1 is 0.944 bits per heavy atom. The van der Waals surface area contributed by atoms with E-state index in [1.165, 1.54) is 40.2 Å². The third kappa shape index (κ3) is 4.86. The molecule has 3 heterocycles. The highest BCUT2D eigenvalue weighted by molar-refractivity contribution is 7.91. The lowest BCUT2D eigenvalue weighted by molar-refractivity contribution is -0.122. The summed E-state index contributed by atoms with van der Waals surface area (Å²) in [4.78, 5) is 29.7. The molecule has 2 aliphatic heterocycles. The maximum Gasteiger partial charge on any atom is 0.253 e. The minimum absolute atomic E-state index is 0.148. The van der Waals surface area contributed by atoms with Gasteiger partial charge in [0.1, 0.15) is 16.1 Å². The van der Waals surface area contributed by atoms with E-state index < -0.39 is 39.7 Å². The van der Waals surface area contributed by atoms with Crippen molar-refractivity contribution in [1.29, 1.82) is 0 Å². The highest BCUT2D eigenvalue weighted by Gasteiger charge is 2.50. The van der Waals surface area contributed by atoms with Crippen LogP contribution in [0.2, 0.25) is 0 Å². The van der Waals surface area contributed by atoms with Crippen molar-refractivity contribution in [1.82, 2.24) is 9.21 Å². The fraction of sp³-hybridized carbons (Fsp3) is 0.308. The van der Waals surface area contributed by atoms with E-state index in [2.05, 4.69) is 17.0 Å². The maximum atomic E-state index is 13.8. The highest BCUT2D eigenvalue weighted by Crippen LogP contribution is 2.35. The van der Waals surface area contributed by atoms with Crippen LogP contribution in [0.4, 0.5) is 10.1 Å². The van der Waals surface area contributed by atoms with E-state index in [1.54, 1.807) is 11.4 Å². The van der Waals surface area contributed by atoms with Crippen molar-refractivity contribution in [3.8, 4) is 0 Å². The number of hydrogen-bond acceptors (Lipinski definition) is 6. The lowest BCUT2D eigenvalue weighted by Crippen LogP contribution is -2.53. The van der Waals surface area contributed by atoms with Crippen LogP contribution in [0, 0.1) is 5.82 Å². The van der Waals surface area contributed by atoms with Gasteiger partial charge >= 0.3 is 0 Å². The molecular formula is C26H26FN3O4S2. The molecule has 5 rings (SSSR count). The van der Waals surface area contributed by atoms with Crippen LogP contribution in [0.3, 0.4) is 0 Å². The average molecular weight is 528 g/mol. The molecule has 2 amide bonds. The Kier molecular flexibility index (Phi) is 7.03. The summed E-state index contributed by atoms with van der Waals surface area (Å²) in [5, 5.41) is 1.68. The molecule has 0 bridgehead atoms. The summed E-state index contributed by atoms with van der Waals surface area (Å²) in [5.41, 5.74) is 1.42. The molecule has 1 atom stereocenters. The van der Waals surface area contributed by atoms with Crippen molar-refractivity contribution in [2.75, 3.05) is 18.0 Å². The Labute approximate surface area is 213 Å². The van der Waals surface area contributed by atoms with Gasteiger partial charge in [-0.25, -0.2) is 17.7 Å². The number of imide groups is 1. The van der Waals surface area contributed by atoms with Gasteiger partial charge in [0.2, 0.25) is 5.91 Å². The molecule has 2 saturated heterocycles. The van der Waals surface area contributed by atoms with E-state index in [4.69, 9.17) is 0 Å². The van der Waals surface area contributed by atoms with Crippen molar-refractivity contribution in [3.63, 3.8) is 0 Å². The highest BCUT2D eigenvalue weighted by atomic mass is 32.2. The average Bonchev–Trinajstić information content (AvgIpc) is 3.51. The second kappa shape index (κ2) is 10.2. The fourth-order valence-corrected chi connectivity index (χ4v) is 7.90. The molecule has 10 heteroatoms. The number of carbonyl (C=O) groups is 2. The van der Waals surface area contributed by atoms with Gasteiger partial charge in [-0.2, -0.15) is 4.31 Å². The topological polar surface area (TPSA) is 78.0 Å². The lowest BCUT2D eigenvalue weighted by atomic mass is 10.0. The van der Waals surface area contributed by atoms with E-state index in [9.17, 15) is 22.4 Å². The van der Waals surface area contributed by atoms with Crippen LogP contribution < -0.4 is 4.90 Å². The Hall–Kier alpha value is -2.92. The predicted molar refractivity (Wildman–Crippen MR) is 135 cm³/mol. The van der Waals surface area contributed by atoms with Crippen LogP contribution in [0.1, 0.15) is 24.8 Å². The first kappa shape index (κ1) is 24.8. The van der Waals surface area contributed by atoms with Crippen LogP contribution in [0.5, 0.6) is 0 Å². The number of piperidine rings is 1. The molecule has 0 N–H and O–H groups in total. The summed E-state index contributed by atoms with van der Waals surface area (Å²) in [5.74, 6) is -1.58. The number of hydrogen-bond donors (Lipinski definition) is 0. The lowest BCUT2D eigenvalue weighted by Gasteiger charge is -2.39. The second-order valence-corrected chi connectivity index (χ2v) is 12.0. The van der Waals surface area contributed by atoms with Gasteiger partial charge in [0, 0.05) is 25.7 Å². The zero-order valence-corrected chi connectivity index (χ0v) is 21.1. The van der Waals surface area contributed by atoms with Gasteiger partial charge in [0.15, 0.2) is 0 Å². The number of rotatable bonds is 7. The number of nitrogens with zero attached hydrogens (tertiary/aromatic N) is 3. The minimum atomic E-state index is -4.01. The molecule has 0 aliphatic carbocycles. The van der Waals surface area contributed by atoms with E-state index in [1.807, 2.05) is 18.2 Å². The molecule has 1 unspecified atom stereocenters. The van der Waals surface area contributed by atoms with Crippen molar-refractivity contribution in [2.45, 2.75) is 42.1 Å². The largest absolute Gasteiger partial charge is 0.299 e. The molecule has 0 radical (unpaired) electrons. The number of amides is 2. The Morgan fingerprint density at radius 2 is 1.64 bits per heavy atom. The number of sulfonamides is 1. The normalized spacial score (nSPS) is 19.9. The van der Waals surface area contributed by atoms with Crippen LogP contribution in [-0.4, -0.2) is 54.6 Å². The SMILES string of the molecule is O=C1CC(N(C2CCN(Cc3ccccc3)CC2)S(=O)(=O)c2cccs2)C(=O)N1c1ccc(F)cc1. The standard InChI is InChI=1S/C26H26FN3O4S2/c27-20-8-10-21(11-9-20)29-24(31)17-23(26(29)32)30(36(33,34)25-7-4-16-35-25)22-12-14-28(15-13-22)18-19-5-2-1-3-6-19/h1-11,16,22-23H,12-15,17-18H2. The molecule has 2 aromatic carbocycles. The minimum Gasteiger partial charge on any atom is -0.299 e. The fourth-order valence-electron chi connectivity index (χ4n) is 4.98. The Bertz CT molecular complexity index is 1320. The number of carbonyl (C=O) groups excluding carboxylic acids is 2. The summed E-state index contributed by atoms with van der Waals surface area (Å²) in [6.07, 6.45) is 0.850. The van der Waals surface area contributed by atoms with E-state index in [0.29, 0.717) is 25.9 Å². The van der Waals surface area contributed by atoms with Crippen molar-refractivity contribution >= 4 is 38.9 Å².